The summed E-state index contributed by atoms with van der Waals surface area (Å²) in [5.41, 5.74) is 3.63. The minimum absolute atomic E-state index is 0.0298. The van der Waals surface area contributed by atoms with Gasteiger partial charge in [0.05, 0.1) is 12.2 Å². The number of rotatable bonds is 3. The molecule has 3 aromatic rings. The summed E-state index contributed by atoms with van der Waals surface area (Å²) in [6.07, 6.45) is 8.79. The van der Waals surface area contributed by atoms with E-state index in [9.17, 15) is 9.90 Å². The maximum absolute atomic E-state index is 13.2. The first-order valence-corrected chi connectivity index (χ1v) is 11.8. The Kier molecular flexibility index (Phi) is 6.66. The first kappa shape index (κ1) is 22.3. The Bertz CT molecular complexity index is 1170. The molecule has 0 spiro atoms. The zero-order valence-corrected chi connectivity index (χ0v) is 19.0. The first-order chi connectivity index (χ1) is 16.7. The van der Waals surface area contributed by atoms with E-state index in [0.717, 1.165) is 37.1 Å². The van der Waals surface area contributed by atoms with E-state index in [0.29, 0.717) is 12.1 Å². The van der Waals surface area contributed by atoms with E-state index < -0.39 is 0 Å². The molecule has 0 unspecified atom stereocenters. The predicted molar refractivity (Wildman–Crippen MR) is 130 cm³/mol. The largest absolute Gasteiger partial charge is 0.395 e. The van der Waals surface area contributed by atoms with Gasteiger partial charge in [-0.25, -0.2) is 0 Å². The van der Waals surface area contributed by atoms with Crippen molar-refractivity contribution in [3.8, 4) is 11.8 Å². The summed E-state index contributed by atoms with van der Waals surface area (Å²) in [6, 6.07) is 16.0. The van der Waals surface area contributed by atoms with Crippen LogP contribution in [0, 0.1) is 11.8 Å². The number of carbonyl (C=O) groups is 1. The van der Waals surface area contributed by atoms with E-state index >= 15 is 0 Å². The molecule has 2 aromatic heterocycles. The Balaban J connectivity index is 1.35. The average molecular weight is 453 g/mol. The lowest BCUT2D eigenvalue weighted by Crippen LogP contribution is -2.67. The molecule has 0 radical (unpaired) electrons. The van der Waals surface area contributed by atoms with Crippen molar-refractivity contribution >= 4 is 5.91 Å². The Morgan fingerprint density at radius 1 is 0.941 bits per heavy atom. The van der Waals surface area contributed by atoms with Gasteiger partial charge in [-0.1, -0.05) is 24.0 Å². The van der Waals surface area contributed by atoms with Crippen LogP contribution in [0.15, 0.2) is 73.3 Å². The van der Waals surface area contributed by atoms with Crippen LogP contribution in [0.25, 0.3) is 0 Å². The highest BCUT2D eigenvalue weighted by Crippen LogP contribution is 2.42. The second-order valence-electron chi connectivity index (χ2n) is 8.89. The van der Waals surface area contributed by atoms with Crippen molar-refractivity contribution < 1.29 is 9.90 Å². The van der Waals surface area contributed by atoms with Gasteiger partial charge in [0.2, 0.25) is 0 Å². The third-order valence-electron chi connectivity index (χ3n) is 6.87. The molecule has 1 aromatic carbocycles. The van der Waals surface area contributed by atoms with Gasteiger partial charge in [-0.2, -0.15) is 0 Å². The van der Waals surface area contributed by atoms with Crippen LogP contribution >= 0.6 is 0 Å². The van der Waals surface area contributed by atoms with Crippen molar-refractivity contribution in [2.45, 2.75) is 30.8 Å². The van der Waals surface area contributed by atoms with Crippen LogP contribution in [0.1, 0.15) is 45.8 Å². The molecule has 6 heteroatoms. The second-order valence-corrected chi connectivity index (χ2v) is 8.89. The van der Waals surface area contributed by atoms with Gasteiger partial charge in [-0.15, -0.1) is 0 Å². The number of aliphatic hydroxyl groups excluding tert-OH is 1. The molecular formula is C28H28N4O2. The maximum Gasteiger partial charge on any atom is 0.255 e. The van der Waals surface area contributed by atoms with Gasteiger partial charge >= 0.3 is 0 Å². The summed E-state index contributed by atoms with van der Waals surface area (Å²) >= 11 is 0. The molecule has 34 heavy (non-hydrogen) atoms. The molecule has 5 rings (SSSR count). The highest BCUT2D eigenvalue weighted by Gasteiger charge is 2.49. The van der Waals surface area contributed by atoms with Gasteiger partial charge in [0.15, 0.2) is 0 Å². The van der Waals surface area contributed by atoms with E-state index in [1.165, 1.54) is 5.56 Å². The lowest BCUT2D eigenvalue weighted by molar-refractivity contribution is -0.0606. The van der Waals surface area contributed by atoms with E-state index in [1.807, 2.05) is 35.2 Å². The SMILES string of the molecule is O=C(c1cccnc1)N1CCCCN2[C@@H](CO)[C@@H](c3ccc(C#Cc4cccnc4)cc3)[C@@H]2C1. The summed E-state index contributed by atoms with van der Waals surface area (Å²) in [4.78, 5) is 25.7. The monoisotopic (exact) mass is 452 g/mol. The molecule has 3 atom stereocenters. The Labute approximate surface area is 200 Å². The predicted octanol–water partition coefficient (Wildman–Crippen LogP) is 2.94. The van der Waals surface area contributed by atoms with Crippen LogP contribution < -0.4 is 0 Å². The number of nitrogens with zero attached hydrogens (tertiary/aromatic N) is 4. The quantitative estimate of drug-likeness (QED) is 0.619. The van der Waals surface area contributed by atoms with Crippen molar-refractivity contribution in [1.29, 1.82) is 0 Å². The fourth-order valence-corrected chi connectivity index (χ4v) is 5.17. The summed E-state index contributed by atoms with van der Waals surface area (Å²) in [6.45, 7) is 2.46. The standard InChI is InChI=1S/C28H28N4O2/c33-20-26-27(23-11-9-21(10-12-23)7-8-22-5-3-13-29-17-22)25-19-31(15-1-2-16-32(25)26)28(34)24-6-4-14-30-18-24/h3-6,9-14,17-18,25-27,33H,1-2,15-16,19-20H2/t25-,26-,27-/m0/s1. The topological polar surface area (TPSA) is 69.6 Å². The number of amides is 1. The number of pyridine rings is 2. The highest BCUT2D eigenvalue weighted by molar-refractivity contribution is 5.93. The summed E-state index contributed by atoms with van der Waals surface area (Å²) in [5.74, 6) is 6.54. The second kappa shape index (κ2) is 10.2. The zero-order chi connectivity index (χ0) is 23.3. The zero-order valence-electron chi connectivity index (χ0n) is 19.0. The molecule has 1 amide bonds. The number of fused-ring (bicyclic) bond motifs is 1. The van der Waals surface area contributed by atoms with Gasteiger partial charge < -0.3 is 10.0 Å². The molecule has 0 saturated carbocycles. The molecule has 0 bridgehead atoms. The van der Waals surface area contributed by atoms with Crippen LogP contribution in [-0.2, 0) is 0 Å². The molecule has 2 saturated heterocycles. The Morgan fingerprint density at radius 2 is 1.68 bits per heavy atom. The third-order valence-corrected chi connectivity index (χ3v) is 6.87. The molecule has 0 aliphatic carbocycles. The van der Waals surface area contributed by atoms with Crippen LogP contribution in [0.5, 0.6) is 0 Å². The molecule has 4 heterocycles. The molecule has 2 aliphatic rings. The van der Waals surface area contributed by atoms with E-state index in [2.05, 4.69) is 38.8 Å². The number of aromatic nitrogens is 2. The fourth-order valence-electron chi connectivity index (χ4n) is 5.17. The van der Waals surface area contributed by atoms with Crippen molar-refractivity contribution in [3.05, 3.63) is 95.6 Å². The van der Waals surface area contributed by atoms with Crippen LogP contribution in [0.4, 0.5) is 0 Å². The number of carbonyl (C=O) groups excluding carboxylic acids is 1. The molecule has 172 valence electrons. The van der Waals surface area contributed by atoms with Gasteiger partial charge in [0.25, 0.3) is 5.91 Å². The van der Waals surface area contributed by atoms with E-state index in [-0.39, 0.29) is 30.5 Å². The minimum atomic E-state index is 0.0298. The minimum Gasteiger partial charge on any atom is -0.395 e. The average Bonchev–Trinajstić information content (AvgIpc) is 2.88. The van der Waals surface area contributed by atoms with Gasteiger partial charge in [-0.05, 0) is 61.3 Å². The summed E-state index contributed by atoms with van der Waals surface area (Å²) < 4.78 is 0. The first-order valence-electron chi connectivity index (χ1n) is 11.8. The molecule has 2 fully saturated rings. The third kappa shape index (κ3) is 4.58. The van der Waals surface area contributed by atoms with Crippen LogP contribution in [0.3, 0.4) is 0 Å². The van der Waals surface area contributed by atoms with Crippen LogP contribution in [-0.4, -0.2) is 69.1 Å². The Morgan fingerprint density at radius 3 is 2.38 bits per heavy atom. The number of hydrogen-bond donors (Lipinski definition) is 1. The lowest BCUT2D eigenvalue weighted by atomic mass is 9.74. The van der Waals surface area contributed by atoms with Crippen molar-refractivity contribution in [2.75, 3.05) is 26.2 Å². The van der Waals surface area contributed by atoms with Crippen molar-refractivity contribution in [2.24, 2.45) is 0 Å². The Hall–Kier alpha value is -3.53. The summed E-state index contributed by atoms with van der Waals surface area (Å²) in [7, 11) is 0. The van der Waals surface area contributed by atoms with E-state index in [1.54, 1.807) is 30.9 Å². The van der Waals surface area contributed by atoms with E-state index in [4.69, 9.17) is 0 Å². The maximum atomic E-state index is 13.2. The lowest BCUT2D eigenvalue weighted by Gasteiger charge is -2.57. The van der Waals surface area contributed by atoms with Crippen molar-refractivity contribution in [3.63, 3.8) is 0 Å². The molecule has 2 aliphatic heterocycles. The number of hydrogen-bond acceptors (Lipinski definition) is 5. The molecule has 6 nitrogen and oxygen atoms in total. The fraction of sp³-hybridized carbons (Fsp3) is 0.321. The number of aliphatic hydroxyl groups is 1. The van der Waals surface area contributed by atoms with Gasteiger partial charge in [0.1, 0.15) is 0 Å². The van der Waals surface area contributed by atoms with Crippen molar-refractivity contribution in [1.82, 2.24) is 19.8 Å². The normalized spacial score (nSPS) is 22.4. The smallest absolute Gasteiger partial charge is 0.255 e. The highest BCUT2D eigenvalue weighted by atomic mass is 16.3. The van der Waals surface area contributed by atoms with Gasteiger partial charge in [0, 0.05) is 67.0 Å². The van der Waals surface area contributed by atoms with Gasteiger partial charge in [-0.3, -0.25) is 19.7 Å². The molecular weight excluding hydrogens is 424 g/mol. The summed E-state index contributed by atoms with van der Waals surface area (Å²) in [5, 5.41) is 10.2. The molecule has 1 N–H and O–H groups in total. The van der Waals surface area contributed by atoms with Crippen LogP contribution in [0.2, 0.25) is 0 Å². The number of benzene rings is 1.